The second kappa shape index (κ2) is 35.1. The molecule has 0 spiro atoms. The molecule has 2 aliphatic carbocycles. The lowest BCUT2D eigenvalue weighted by Gasteiger charge is -2.49. The number of nitrogens with zero attached hydrogens (tertiary/aromatic N) is 10. The fourth-order valence-corrected chi connectivity index (χ4v) is 13.9. The Labute approximate surface area is 606 Å². The van der Waals surface area contributed by atoms with Crippen LogP contribution in [0.5, 0.6) is 0 Å². The average molecular weight is 1520 g/mol. The molecule has 3 aromatic carbocycles. The fraction of sp³-hybridized carbons (Fsp3) is 0.588. The quantitative estimate of drug-likeness (QED) is 0.0128. The lowest BCUT2D eigenvalue weighted by atomic mass is 9.80. The maximum Gasteiger partial charge on any atom is 0.251 e. The van der Waals surface area contributed by atoms with Crippen LogP contribution in [0.3, 0.4) is 0 Å². The molecule has 15 unspecified atom stereocenters. The summed E-state index contributed by atoms with van der Waals surface area (Å²) >= 11 is 0. The summed E-state index contributed by atoms with van der Waals surface area (Å²) in [5, 5.41) is 133. The molecule has 4 amide bonds. The third-order valence-corrected chi connectivity index (χ3v) is 19.7. The number of halogens is 6. The number of aliphatic hydroxyl groups is 9. The van der Waals surface area contributed by atoms with Crippen LogP contribution in [0.25, 0.3) is 33.8 Å². The van der Waals surface area contributed by atoms with Gasteiger partial charge in [-0.15, -0.1) is 15.3 Å². The number of likely N-dealkylation sites (tertiary alicyclic amines) is 1. The van der Waals surface area contributed by atoms with Crippen LogP contribution >= 0.6 is 0 Å². The van der Waals surface area contributed by atoms with Crippen LogP contribution < -0.4 is 16.0 Å². The molecule has 39 heteroatoms. The zero-order chi connectivity index (χ0) is 76.8. The van der Waals surface area contributed by atoms with Crippen molar-refractivity contribution in [2.45, 2.75) is 201 Å². The summed E-state index contributed by atoms with van der Waals surface area (Å²) in [6.07, 6.45) is -24.6. The average Bonchev–Trinajstić information content (AvgIpc) is 1.62. The highest BCUT2D eigenvalue weighted by Gasteiger charge is 2.54. The van der Waals surface area contributed by atoms with Crippen LogP contribution in [0.15, 0.2) is 73.2 Å². The summed E-state index contributed by atoms with van der Waals surface area (Å²) in [6.45, 7) is 4.27. The Morgan fingerprint density at radius 3 is 1.77 bits per heavy atom. The molecule has 584 valence electrons. The van der Waals surface area contributed by atoms with E-state index in [0.29, 0.717) is 59.7 Å². The standard InChI is InChI=1S/C68H85F6N13O20/c1-5-10-47(65(99)84-15-9-16-84)104-62-54(77-31(3)90)67(106-50(28-88)57(62)93)105-49-24-37(22-46(86-25-42(78-82-86)33-11-7-6-8-12-33)61(49)107-68-60(96)59(95)55(91)30(2)101-68)64(98)76-14-13-75-63(97)36-21-45(85-26-43(79-81-85)34-17-38(69)52(73)39(70)18-34)56(92)48(23-36)102-32(4)103-51(29-89)58(94)66(100)87-27-44(80-83-87)35-19-40(71)53(74)41(72)20-35/h6-8,11-12,17-20,25-27,30,32,36-37,45-51,54-62,66-68,88-89,91-96,100H,5,9-10,13-16,21-24,28-29H2,1-4H3,(H,75,97)(H,76,98)(H,77,90)/t30?,32-,36+,37?,45?,46-,47+,48-,49?,50+,51?,54?,55?,56?,57?,58?,59?,60?,61?,62?,66+,67-,68?/m1/s1. The number of aliphatic hydroxyl groups excluding tert-OH is 9. The predicted octanol–water partition coefficient (Wildman–Crippen LogP) is 0.120. The SMILES string of the molecule is CCC[C@H](OC1C(NC(C)=O)[C@H](OC2CC(C(=O)NCCNC(=O)[C@H]3CC(n4cc(-c5cc(F)c(F)c(F)c5)nn4)C(O)[C@H](O[C@@H](C)OC(CO)C(O)[C@H](O)n4cc(-c5cc(F)c(F)c(F)c5)nn4)C3)C[C@@H](n3cc(-c4ccccc4)nn3)C2OC2OC(C)C(O)C(O)C2O)O[C@@H](CO)C1O)C(=O)N1CCC1. The van der Waals surface area contributed by atoms with Gasteiger partial charge in [0, 0.05) is 61.6 Å². The topological polar surface area (TPSA) is 446 Å². The zero-order valence-corrected chi connectivity index (χ0v) is 58.2. The van der Waals surface area contributed by atoms with Crippen LogP contribution in [0, 0.1) is 46.7 Å². The molecule has 6 aromatic rings. The first-order valence-corrected chi connectivity index (χ1v) is 34.9. The molecule has 3 aliphatic heterocycles. The Kier molecular flexibility index (Phi) is 26.2. The van der Waals surface area contributed by atoms with Gasteiger partial charge in [-0.05, 0) is 76.6 Å². The second-order valence-corrected chi connectivity index (χ2v) is 27.1. The molecule has 3 aromatic heterocycles. The minimum Gasteiger partial charge on any atom is -0.394 e. The van der Waals surface area contributed by atoms with Gasteiger partial charge >= 0.3 is 0 Å². The van der Waals surface area contributed by atoms with Crippen LogP contribution in [-0.2, 0) is 52.3 Å². The van der Waals surface area contributed by atoms with E-state index in [1.165, 1.54) is 31.6 Å². The molecule has 6 heterocycles. The van der Waals surface area contributed by atoms with Gasteiger partial charge in [-0.1, -0.05) is 59.3 Å². The molecule has 2 saturated carbocycles. The number of carbonyl (C=O) groups is 4. The van der Waals surface area contributed by atoms with Crippen LogP contribution in [0.4, 0.5) is 26.3 Å². The predicted molar refractivity (Wildman–Crippen MR) is 351 cm³/mol. The molecular formula is C68H85F6N13O20. The van der Waals surface area contributed by atoms with Gasteiger partial charge in [-0.2, -0.15) is 0 Å². The molecule has 33 nitrogen and oxygen atoms in total. The van der Waals surface area contributed by atoms with Crippen LogP contribution in [0.1, 0.15) is 91.0 Å². The van der Waals surface area contributed by atoms with E-state index < -0.39 is 206 Å². The van der Waals surface area contributed by atoms with Gasteiger partial charge in [0.25, 0.3) is 5.91 Å². The van der Waals surface area contributed by atoms with Crippen molar-refractivity contribution in [3.05, 3.63) is 108 Å². The van der Waals surface area contributed by atoms with E-state index in [1.54, 1.807) is 41.4 Å². The summed E-state index contributed by atoms with van der Waals surface area (Å²) in [7, 11) is 0. The highest BCUT2D eigenvalue weighted by atomic mass is 19.2. The summed E-state index contributed by atoms with van der Waals surface area (Å²) in [5.41, 5.74) is 0.00680. The summed E-state index contributed by atoms with van der Waals surface area (Å²) in [4.78, 5) is 58.1. The summed E-state index contributed by atoms with van der Waals surface area (Å²) in [5.74, 6) is -14.3. The highest BCUT2D eigenvalue weighted by Crippen LogP contribution is 2.42. The number of rotatable bonds is 29. The Morgan fingerprint density at radius 2 is 1.21 bits per heavy atom. The van der Waals surface area contributed by atoms with E-state index in [4.69, 9.17) is 33.2 Å². The molecule has 5 aliphatic rings. The minimum absolute atomic E-state index is 0.150. The highest BCUT2D eigenvalue weighted by molar-refractivity contribution is 5.82. The lowest BCUT2D eigenvalue weighted by Crippen LogP contribution is -2.67. The first-order chi connectivity index (χ1) is 51.1. The number of aromatic nitrogens is 9. The zero-order valence-electron chi connectivity index (χ0n) is 58.2. The van der Waals surface area contributed by atoms with Crippen LogP contribution in [-0.4, -0.2) is 269 Å². The van der Waals surface area contributed by atoms with Crippen molar-refractivity contribution in [1.29, 1.82) is 0 Å². The van der Waals surface area contributed by atoms with Gasteiger partial charge in [0.1, 0.15) is 90.3 Å². The molecule has 12 N–H and O–H groups in total. The van der Waals surface area contributed by atoms with Gasteiger partial charge in [-0.3, -0.25) is 19.2 Å². The van der Waals surface area contributed by atoms with Crippen molar-refractivity contribution in [2.24, 2.45) is 11.8 Å². The second-order valence-electron chi connectivity index (χ2n) is 27.1. The third-order valence-electron chi connectivity index (χ3n) is 19.7. The van der Waals surface area contributed by atoms with Gasteiger partial charge < -0.3 is 100.0 Å². The van der Waals surface area contributed by atoms with Crippen molar-refractivity contribution in [3.63, 3.8) is 0 Å². The van der Waals surface area contributed by atoms with Gasteiger partial charge in [-0.25, -0.2) is 40.4 Å². The van der Waals surface area contributed by atoms with E-state index in [9.17, 15) is 91.5 Å². The first-order valence-electron chi connectivity index (χ1n) is 34.9. The number of hydrogen-bond donors (Lipinski definition) is 12. The fourth-order valence-electron chi connectivity index (χ4n) is 13.9. The van der Waals surface area contributed by atoms with Crippen molar-refractivity contribution in [1.82, 2.24) is 65.8 Å². The Balaban J connectivity index is 0.834. The maximum atomic E-state index is 14.9. The normalized spacial score (nSPS) is 29.7. The monoisotopic (exact) mass is 1520 g/mol. The Morgan fingerprint density at radius 1 is 0.645 bits per heavy atom. The van der Waals surface area contributed by atoms with Crippen molar-refractivity contribution in [3.8, 4) is 33.8 Å². The van der Waals surface area contributed by atoms with E-state index in [1.807, 2.05) is 6.92 Å². The van der Waals surface area contributed by atoms with Gasteiger partial charge in [0.05, 0.1) is 62.2 Å². The molecule has 11 rings (SSSR count). The summed E-state index contributed by atoms with van der Waals surface area (Å²) in [6, 6.07) is 7.60. The Hall–Kier alpha value is -8.10. The van der Waals surface area contributed by atoms with Gasteiger partial charge in [0.2, 0.25) is 17.7 Å². The number of hydrogen-bond acceptors (Lipinski definition) is 26. The number of nitrogens with one attached hydrogen (secondary N) is 3. The molecule has 23 atom stereocenters. The molecule has 0 radical (unpaired) electrons. The first kappa shape index (κ1) is 79.9. The molecular weight excluding hydrogens is 1430 g/mol. The summed E-state index contributed by atoms with van der Waals surface area (Å²) < 4.78 is 132. The maximum absolute atomic E-state index is 14.9. The van der Waals surface area contributed by atoms with Crippen molar-refractivity contribution in [2.75, 3.05) is 39.4 Å². The molecule has 107 heavy (non-hydrogen) atoms. The van der Waals surface area contributed by atoms with E-state index in [-0.39, 0.29) is 73.6 Å². The number of benzene rings is 3. The van der Waals surface area contributed by atoms with Crippen molar-refractivity contribution >= 4 is 23.6 Å². The van der Waals surface area contributed by atoms with Crippen molar-refractivity contribution < 1.29 is 125 Å². The molecule has 3 saturated heterocycles. The smallest absolute Gasteiger partial charge is 0.251 e. The lowest BCUT2D eigenvalue weighted by molar-refractivity contribution is -0.337. The van der Waals surface area contributed by atoms with Gasteiger partial charge in [0.15, 0.2) is 60.0 Å². The number of amides is 4. The van der Waals surface area contributed by atoms with E-state index >= 15 is 0 Å². The number of ether oxygens (including phenoxy) is 7. The Bertz CT molecular complexity index is 3980. The van der Waals surface area contributed by atoms with E-state index in [0.717, 1.165) is 17.3 Å². The third kappa shape index (κ3) is 18.1. The molecule has 0 bridgehead atoms. The molecule has 5 fully saturated rings. The minimum atomic E-state index is -2.07. The van der Waals surface area contributed by atoms with Crippen LogP contribution in [0.2, 0.25) is 0 Å². The number of carbonyl (C=O) groups excluding carboxylic acids is 4. The largest absolute Gasteiger partial charge is 0.394 e. The van der Waals surface area contributed by atoms with E-state index in [2.05, 4.69) is 46.9 Å².